The van der Waals surface area contributed by atoms with Crippen LogP contribution in [0.5, 0.6) is 0 Å². The summed E-state index contributed by atoms with van der Waals surface area (Å²) in [5, 5.41) is 0. The summed E-state index contributed by atoms with van der Waals surface area (Å²) in [5.41, 5.74) is 20.7. The summed E-state index contributed by atoms with van der Waals surface area (Å²) in [6, 6.07) is 13.3. The molecule has 0 saturated carbocycles. The van der Waals surface area contributed by atoms with Crippen molar-refractivity contribution < 1.29 is 35.7 Å². The predicted molar refractivity (Wildman–Crippen MR) is 297 cm³/mol. The molecule has 0 aromatic heterocycles. The van der Waals surface area contributed by atoms with Crippen molar-refractivity contribution in [3.63, 3.8) is 0 Å². The van der Waals surface area contributed by atoms with E-state index in [1.54, 1.807) is 0 Å². The van der Waals surface area contributed by atoms with E-state index >= 15 is 0 Å². The number of benzene rings is 2. The van der Waals surface area contributed by atoms with Crippen LogP contribution in [0.15, 0.2) is 83.0 Å². The molecule has 0 N–H and O–H groups in total. The van der Waals surface area contributed by atoms with Gasteiger partial charge in [-0.2, -0.15) is 0 Å². The third kappa shape index (κ3) is 13.7. The second kappa shape index (κ2) is 25.4. The van der Waals surface area contributed by atoms with Crippen LogP contribution in [0, 0.1) is 53.0 Å². The summed E-state index contributed by atoms with van der Waals surface area (Å²) < 4.78 is 25.3. The van der Waals surface area contributed by atoms with Gasteiger partial charge in [0.1, 0.15) is 16.1 Å². The van der Waals surface area contributed by atoms with Gasteiger partial charge in [-0.1, -0.05) is 197 Å². The molecule has 378 valence electrons. The van der Waals surface area contributed by atoms with E-state index in [0.29, 0.717) is 59.7 Å². The fourth-order valence-corrected chi connectivity index (χ4v) is 21.2. The van der Waals surface area contributed by atoms with E-state index in [1.165, 1.54) is 11.1 Å². The molecule has 70 heavy (non-hydrogen) atoms. The molecule has 4 aliphatic rings. The van der Waals surface area contributed by atoms with Crippen molar-refractivity contribution >= 4 is 16.1 Å². The third-order valence-corrected chi connectivity index (χ3v) is 27.3. The molecule has 0 amide bonds. The molecule has 2 heterocycles. The predicted octanol–water partition coefficient (Wildman–Crippen LogP) is 15.3. The van der Waals surface area contributed by atoms with Gasteiger partial charge in [-0.15, -0.1) is 11.1 Å². The van der Waals surface area contributed by atoms with Crippen LogP contribution in [0.25, 0.3) is 0 Å². The van der Waals surface area contributed by atoms with E-state index in [2.05, 4.69) is 208 Å². The smallest absolute Gasteiger partial charge is 0.185 e. The summed E-state index contributed by atoms with van der Waals surface area (Å²) in [6.45, 7) is 44.4. The summed E-state index contributed by atoms with van der Waals surface area (Å²) in [6.07, 6.45) is 10.5. The molecule has 2 saturated heterocycles. The maximum Gasteiger partial charge on any atom is 0.185 e. The minimum absolute atomic E-state index is 0. The van der Waals surface area contributed by atoms with Crippen molar-refractivity contribution in [3.8, 4) is 46.6 Å². The Morgan fingerprint density at radius 1 is 0.429 bits per heavy atom. The molecular weight excluding hydrogens is 936 g/mol. The quantitative estimate of drug-likeness (QED) is 0.195. The molecule has 0 atom stereocenters. The maximum atomic E-state index is 6.33. The molecule has 2 radical (unpaired) electrons. The van der Waals surface area contributed by atoms with Gasteiger partial charge in [-0.3, -0.25) is 0 Å². The van der Waals surface area contributed by atoms with Gasteiger partial charge in [0.05, 0.1) is 26.4 Å². The first-order valence-electron chi connectivity index (χ1n) is 26.0. The molecule has 2 fully saturated rings. The molecule has 4 nitrogen and oxygen atoms in total. The number of hydrogen-bond donors (Lipinski definition) is 0. The van der Waals surface area contributed by atoms with E-state index in [4.69, 9.17) is 18.9 Å². The standard InChI is InChI=1S/C58H80O4Si2.C5H5.Co/c1-39(2)63(40(3)4,41(5)6)35-29-47-37-49(57(13,14)15)25-21-45(47)23-27-51-52(54(56-61-33-20-34-62-56)53(51)55-59-31-19-32-60-55)28-24-46-22-26-50(58(16,17)18)38-48(46)30-36-64(42(7)8,43(9)10)44(11)12;1-2-4-5-3-1;/h21-22,25-26,37-44,55-56H,19-20,31-34H2,1-18H3;1-5H;. The molecule has 7 heteroatoms. The van der Waals surface area contributed by atoms with Crippen molar-refractivity contribution in [2.24, 2.45) is 0 Å². The van der Waals surface area contributed by atoms with Gasteiger partial charge in [0.2, 0.25) is 0 Å². The van der Waals surface area contributed by atoms with Crippen LogP contribution in [-0.4, -0.2) is 55.2 Å². The van der Waals surface area contributed by atoms with Gasteiger partial charge in [-0.25, -0.2) is 0 Å². The van der Waals surface area contributed by atoms with Crippen LogP contribution in [0.2, 0.25) is 33.2 Å². The largest absolute Gasteiger partial charge is 0.348 e. The number of ether oxygens (including phenoxy) is 4. The van der Waals surface area contributed by atoms with Gasteiger partial charge in [0, 0.05) is 67.7 Å². The van der Waals surface area contributed by atoms with Gasteiger partial charge in [-0.05, 0) is 92.3 Å². The SMILES string of the molecule is CC(C)[Si](C#Cc1cc(C(C)(C)C)ccc1C#CC1=C(C2OCCCO2)C(C2OCCCO2)=C1C#Cc1ccc(C(C)(C)C)cc1C#C[Si](C(C)C)(C(C)C)C(C)C)(C(C)C)C(C)C.[CH]1C=CC=C1.[Co]. The van der Waals surface area contributed by atoms with E-state index in [0.717, 1.165) is 57.4 Å². The van der Waals surface area contributed by atoms with E-state index in [9.17, 15) is 0 Å². The molecule has 0 unspecified atom stereocenters. The zero-order valence-corrected chi connectivity index (χ0v) is 49.2. The van der Waals surface area contributed by atoms with Crippen LogP contribution >= 0.6 is 0 Å². The Morgan fingerprint density at radius 3 is 1.00 bits per heavy atom. The minimum atomic E-state index is -2.02. The second-order valence-electron chi connectivity index (χ2n) is 23.2. The van der Waals surface area contributed by atoms with Gasteiger partial charge < -0.3 is 18.9 Å². The number of allylic oxidation sites excluding steroid dienone is 6. The second-order valence-corrected chi connectivity index (χ2v) is 34.4. The Balaban J connectivity index is 0.00000167. The first kappa shape index (κ1) is 59.0. The Hall–Kier alpha value is -3.58. The summed E-state index contributed by atoms with van der Waals surface area (Å²) in [4.78, 5) is 0. The van der Waals surface area contributed by atoms with Gasteiger partial charge >= 0.3 is 0 Å². The van der Waals surface area contributed by atoms with Gasteiger partial charge in [0.25, 0.3) is 0 Å². The van der Waals surface area contributed by atoms with Crippen LogP contribution in [0.3, 0.4) is 0 Å². The van der Waals surface area contributed by atoms with E-state index < -0.39 is 28.7 Å². The monoisotopic (exact) mass is 1020 g/mol. The van der Waals surface area contributed by atoms with E-state index in [1.807, 2.05) is 30.7 Å². The van der Waals surface area contributed by atoms with Crippen LogP contribution in [0.4, 0.5) is 0 Å². The van der Waals surface area contributed by atoms with Crippen LogP contribution in [0.1, 0.15) is 171 Å². The molecule has 2 aromatic rings. The van der Waals surface area contributed by atoms with Crippen molar-refractivity contribution in [2.45, 2.75) is 194 Å². The Morgan fingerprint density at radius 2 is 0.743 bits per heavy atom. The molecule has 0 bridgehead atoms. The first-order chi connectivity index (χ1) is 32.5. The average Bonchev–Trinajstić information content (AvgIpc) is 3.87. The molecular formula is C63H85CoO4Si2. The average molecular weight is 1020 g/mol. The zero-order valence-electron chi connectivity index (χ0n) is 46.2. The fourth-order valence-electron chi connectivity index (χ4n) is 10.8. The summed E-state index contributed by atoms with van der Waals surface area (Å²) >= 11 is 0. The number of rotatable bonds is 8. The number of hydrogen-bond acceptors (Lipinski definition) is 4. The molecule has 0 spiro atoms. The Bertz CT molecular complexity index is 2290. The first-order valence-corrected chi connectivity index (χ1v) is 30.4. The summed E-state index contributed by atoms with van der Waals surface area (Å²) in [5.74, 6) is 22.1. The van der Waals surface area contributed by atoms with Crippen molar-refractivity contribution in [1.82, 2.24) is 0 Å². The molecule has 2 aliphatic carbocycles. The molecule has 2 aliphatic heterocycles. The van der Waals surface area contributed by atoms with Crippen molar-refractivity contribution in [3.05, 3.63) is 123 Å². The Labute approximate surface area is 439 Å². The van der Waals surface area contributed by atoms with Crippen molar-refractivity contribution in [2.75, 3.05) is 26.4 Å². The Kier molecular flexibility index (Phi) is 21.4. The maximum absolute atomic E-state index is 6.33. The minimum Gasteiger partial charge on any atom is -0.348 e. The molecule has 6 rings (SSSR count). The van der Waals surface area contributed by atoms with Crippen LogP contribution in [-0.2, 0) is 46.6 Å². The summed E-state index contributed by atoms with van der Waals surface area (Å²) in [7, 11) is -4.04. The third-order valence-electron chi connectivity index (χ3n) is 14.7. The van der Waals surface area contributed by atoms with E-state index in [-0.39, 0.29) is 27.6 Å². The normalized spacial score (nSPS) is 16.8. The topological polar surface area (TPSA) is 36.9 Å². The van der Waals surface area contributed by atoms with Crippen LogP contribution < -0.4 is 0 Å². The van der Waals surface area contributed by atoms with Gasteiger partial charge in [0.15, 0.2) is 12.6 Å². The zero-order chi connectivity index (χ0) is 50.9. The molecule has 2 aromatic carbocycles. The van der Waals surface area contributed by atoms with Crippen molar-refractivity contribution in [1.29, 1.82) is 0 Å². The fraction of sp³-hybridized carbons (Fsp3) is 0.540.